The van der Waals surface area contributed by atoms with Crippen LogP contribution in [0.15, 0.2) is 77.9 Å². The first kappa shape index (κ1) is 23.4. The summed E-state index contributed by atoms with van der Waals surface area (Å²) in [6.07, 6.45) is 0.554. The zero-order chi connectivity index (χ0) is 25.2. The second kappa shape index (κ2) is 9.70. The number of benzene rings is 4. The Labute approximate surface area is 210 Å². The number of phenols is 1. The molecule has 1 unspecified atom stereocenters. The number of fused-ring (bicyclic) bond motifs is 1. The number of phenolic OH excluding ortho intramolecular Hbond substituents is 1. The molecule has 0 radical (unpaired) electrons. The topological polar surface area (TPSA) is 72.8 Å². The van der Waals surface area contributed by atoms with E-state index in [1.165, 1.54) is 0 Å². The van der Waals surface area contributed by atoms with Gasteiger partial charge in [0.25, 0.3) is 0 Å². The first-order valence-electron chi connectivity index (χ1n) is 11.6. The van der Waals surface area contributed by atoms with Gasteiger partial charge in [0.15, 0.2) is 11.5 Å². The predicted molar refractivity (Wildman–Crippen MR) is 141 cm³/mol. The van der Waals surface area contributed by atoms with Crippen molar-refractivity contribution >= 4 is 22.2 Å². The van der Waals surface area contributed by atoms with E-state index in [2.05, 4.69) is 0 Å². The summed E-state index contributed by atoms with van der Waals surface area (Å²) in [5.74, 6) is 2.52. The summed E-state index contributed by atoms with van der Waals surface area (Å²) in [6.45, 7) is 0. The maximum atomic E-state index is 10.9. The molecule has 7 heteroatoms. The lowest BCUT2D eigenvalue weighted by atomic mass is 9.94. The van der Waals surface area contributed by atoms with Gasteiger partial charge in [-0.2, -0.15) is 5.10 Å². The standard InChI is InChI=1S/C29H28N2O5/c1-33-25-12-8-7-11-21(25)23-17-22(28-20-10-6-5-9-18(20)13-14-24(28)32)30-31(23)19-15-26(34-2)29(36-4)27(16-19)35-3/h5-16,23,32H,17H2,1-4H3. The van der Waals surface area contributed by atoms with Crippen molar-refractivity contribution in [3.8, 4) is 28.7 Å². The summed E-state index contributed by atoms with van der Waals surface area (Å²) in [6, 6.07) is 23.1. The lowest BCUT2D eigenvalue weighted by Gasteiger charge is -2.26. The minimum absolute atomic E-state index is 0.193. The molecule has 4 aromatic rings. The van der Waals surface area contributed by atoms with Crippen LogP contribution < -0.4 is 24.0 Å². The number of hydrogen-bond acceptors (Lipinski definition) is 7. The van der Waals surface area contributed by atoms with Crippen molar-refractivity contribution in [2.75, 3.05) is 33.4 Å². The number of hydrogen-bond donors (Lipinski definition) is 1. The van der Waals surface area contributed by atoms with Crippen LogP contribution in [0.1, 0.15) is 23.6 Å². The molecule has 0 aliphatic carbocycles. The molecule has 7 nitrogen and oxygen atoms in total. The third kappa shape index (κ3) is 3.92. The highest BCUT2D eigenvalue weighted by molar-refractivity contribution is 6.14. The van der Waals surface area contributed by atoms with Crippen LogP contribution in [-0.2, 0) is 0 Å². The van der Waals surface area contributed by atoms with E-state index in [9.17, 15) is 5.11 Å². The van der Waals surface area contributed by atoms with Crippen molar-refractivity contribution in [3.05, 3.63) is 83.9 Å². The second-order valence-electron chi connectivity index (χ2n) is 8.42. The fourth-order valence-electron chi connectivity index (χ4n) is 4.85. The predicted octanol–water partition coefficient (Wildman–Crippen LogP) is 5.94. The second-order valence-corrected chi connectivity index (χ2v) is 8.42. The molecule has 0 spiro atoms. The highest BCUT2D eigenvalue weighted by atomic mass is 16.5. The first-order valence-corrected chi connectivity index (χ1v) is 11.6. The molecular formula is C29H28N2O5. The van der Waals surface area contributed by atoms with Crippen LogP contribution in [0.2, 0.25) is 0 Å². The number of hydrazone groups is 1. The summed E-state index contributed by atoms with van der Waals surface area (Å²) in [5, 5.41) is 19.9. The van der Waals surface area contributed by atoms with Crippen molar-refractivity contribution in [1.29, 1.82) is 0 Å². The van der Waals surface area contributed by atoms with Gasteiger partial charge in [-0.25, -0.2) is 0 Å². The van der Waals surface area contributed by atoms with E-state index in [1.54, 1.807) is 34.5 Å². The highest BCUT2D eigenvalue weighted by Crippen LogP contribution is 2.47. The van der Waals surface area contributed by atoms with Gasteiger partial charge in [-0.05, 0) is 22.9 Å². The van der Waals surface area contributed by atoms with Crippen LogP contribution in [0.3, 0.4) is 0 Å². The van der Waals surface area contributed by atoms with Crippen LogP contribution >= 0.6 is 0 Å². The van der Waals surface area contributed by atoms with E-state index in [0.717, 1.165) is 39.0 Å². The van der Waals surface area contributed by atoms with Crippen LogP contribution in [0.4, 0.5) is 5.69 Å². The number of rotatable bonds is 7. The van der Waals surface area contributed by atoms with Gasteiger partial charge >= 0.3 is 0 Å². The molecular weight excluding hydrogens is 456 g/mol. The molecule has 0 saturated heterocycles. The van der Waals surface area contributed by atoms with Crippen LogP contribution in [-0.4, -0.2) is 39.3 Å². The third-order valence-corrected chi connectivity index (χ3v) is 6.52. The van der Waals surface area contributed by atoms with Gasteiger partial charge < -0.3 is 24.1 Å². The van der Waals surface area contributed by atoms with Gasteiger partial charge in [-0.15, -0.1) is 0 Å². The van der Waals surface area contributed by atoms with Crippen LogP contribution in [0, 0.1) is 0 Å². The molecule has 0 fully saturated rings. The van der Waals surface area contributed by atoms with E-state index >= 15 is 0 Å². The molecule has 4 aromatic carbocycles. The fraction of sp³-hybridized carbons (Fsp3) is 0.207. The van der Waals surface area contributed by atoms with Gasteiger partial charge in [0.1, 0.15) is 11.5 Å². The summed E-state index contributed by atoms with van der Waals surface area (Å²) < 4.78 is 22.4. The van der Waals surface area contributed by atoms with Gasteiger partial charge in [0.2, 0.25) is 5.75 Å². The molecule has 0 amide bonds. The normalized spacial score (nSPS) is 15.1. The molecule has 0 bridgehead atoms. The number of methoxy groups -OCH3 is 4. The SMILES string of the molecule is COc1ccccc1C1CC(c2c(O)ccc3ccccc23)=NN1c1cc(OC)c(OC)c(OC)c1. The molecule has 1 atom stereocenters. The molecule has 5 rings (SSSR count). The quantitative estimate of drug-likeness (QED) is 0.350. The zero-order valence-corrected chi connectivity index (χ0v) is 20.7. The number of aromatic hydroxyl groups is 1. The molecule has 36 heavy (non-hydrogen) atoms. The maximum Gasteiger partial charge on any atom is 0.203 e. The van der Waals surface area contributed by atoms with E-state index in [0.29, 0.717) is 23.7 Å². The molecule has 1 N–H and O–H groups in total. The van der Waals surface area contributed by atoms with Crippen molar-refractivity contribution < 1.29 is 24.1 Å². The summed E-state index contributed by atoms with van der Waals surface area (Å²) in [7, 11) is 6.42. The fourth-order valence-corrected chi connectivity index (χ4v) is 4.85. The van der Waals surface area contributed by atoms with Gasteiger partial charge in [0, 0.05) is 29.7 Å². The number of nitrogens with zero attached hydrogens (tertiary/aromatic N) is 2. The zero-order valence-electron chi connectivity index (χ0n) is 20.7. The molecule has 184 valence electrons. The number of anilines is 1. The van der Waals surface area contributed by atoms with Gasteiger partial charge in [0.05, 0.1) is 45.9 Å². The Bertz CT molecular complexity index is 1420. The summed E-state index contributed by atoms with van der Waals surface area (Å²) in [4.78, 5) is 0. The van der Waals surface area contributed by atoms with Gasteiger partial charge in [-0.1, -0.05) is 48.5 Å². The van der Waals surface area contributed by atoms with E-state index < -0.39 is 0 Å². The van der Waals surface area contributed by atoms with Crippen molar-refractivity contribution in [1.82, 2.24) is 0 Å². The lowest BCUT2D eigenvalue weighted by Crippen LogP contribution is -2.19. The van der Waals surface area contributed by atoms with E-state index in [1.807, 2.05) is 71.7 Å². The van der Waals surface area contributed by atoms with E-state index in [4.69, 9.17) is 24.0 Å². The Morgan fingerprint density at radius 2 is 1.44 bits per heavy atom. The Balaban J connectivity index is 1.72. The summed E-state index contributed by atoms with van der Waals surface area (Å²) >= 11 is 0. The largest absolute Gasteiger partial charge is 0.507 e. The molecule has 0 saturated carbocycles. The molecule has 1 heterocycles. The van der Waals surface area contributed by atoms with Crippen molar-refractivity contribution in [2.24, 2.45) is 5.10 Å². The van der Waals surface area contributed by atoms with Crippen LogP contribution in [0.5, 0.6) is 28.7 Å². The van der Waals surface area contributed by atoms with Crippen LogP contribution in [0.25, 0.3) is 10.8 Å². The Kier molecular flexibility index (Phi) is 6.29. The lowest BCUT2D eigenvalue weighted by molar-refractivity contribution is 0.324. The molecule has 0 aromatic heterocycles. The van der Waals surface area contributed by atoms with E-state index in [-0.39, 0.29) is 11.8 Å². The Hall–Kier alpha value is -4.39. The third-order valence-electron chi connectivity index (χ3n) is 6.52. The van der Waals surface area contributed by atoms with Crippen molar-refractivity contribution in [2.45, 2.75) is 12.5 Å². The smallest absolute Gasteiger partial charge is 0.203 e. The Morgan fingerprint density at radius 3 is 2.14 bits per heavy atom. The Morgan fingerprint density at radius 1 is 0.778 bits per heavy atom. The molecule has 1 aliphatic rings. The first-order chi connectivity index (χ1) is 17.6. The number of ether oxygens (including phenoxy) is 4. The minimum atomic E-state index is -0.197. The average Bonchev–Trinajstić information content (AvgIpc) is 3.36. The maximum absolute atomic E-state index is 10.9. The summed E-state index contributed by atoms with van der Waals surface area (Å²) in [5.41, 5.74) is 3.24. The highest BCUT2D eigenvalue weighted by Gasteiger charge is 2.34. The monoisotopic (exact) mass is 484 g/mol. The minimum Gasteiger partial charge on any atom is -0.507 e. The number of para-hydroxylation sites is 1. The average molecular weight is 485 g/mol. The van der Waals surface area contributed by atoms with Crippen molar-refractivity contribution in [3.63, 3.8) is 0 Å². The molecule has 1 aliphatic heterocycles. The van der Waals surface area contributed by atoms with Gasteiger partial charge in [-0.3, -0.25) is 5.01 Å².